The number of carbonyl (C=O) groups excluding carboxylic acids is 1. The third kappa shape index (κ3) is 3.75. The van der Waals surface area contributed by atoms with Gasteiger partial charge in [0.15, 0.2) is 0 Å². The van der Waals surface area contributed by atoms with Gasteiger partial charge in [-0.3, -0.25) is 0 Å². The second-order valence-electron chi connectivity index (χ2n) is 6.58. The maximum atomic E-state index is 12.5. The molecule has 144 valence electrons. The summed E-state index contributed by atoms with van der Waals surface area (Å²) in [6.07, 6.45) is 0. The third-order valence-electron chi connectivity index (χ3n) is 4.68. The number of ether oxygens (including phenoxy) is 2. The van der Waals surface area contributed by atoms with E-state index >= 15 is 0 Å². The van der Waals surface area contributed by atoms with E-state index in [0.717, 1.165) is 16.5 Å². The van der Waals surface area contributed by atoms with Crippen LogP contribution in [0.15, 0.2) is 82.0 Å². The molecule has 1 aromatic heterocycles. The zero-order valence-corrected chi connectivity index (χ0v) is 16.0. The number of hydrogen-bond acceptors (Lipinski definition) is 5. The Kier molecular flexibility index (Phi) is 4.87. The standard InChI is InChI=1S/C24H18O5/c1-15-5-3-4-6-20(15)23(25)28-19-12-9-17-13-21(24(26)29-22(17)14-19)16-7-10-18(27-2)11-8-16/h3-14H,1-2H3. The number of benzene rings is 3. The van der Waals surface area contributed by atoms with Crippen LogP contribution in [-0.2, 0) is 0 Å². The van der Waals surface area contributed by atoms with E-state index in [-0.39, 0.29) is 0 Å². The number of fused-ring (bicyclic) bond motifs is 1. The molecule has 0 spiro atoms. The lowest BCUT2D eigenvalue weighted by Gasteiger charge is -2.08. The van der Waals surface area contributed by atoms with Gasteiger partial charge in [-0.2, -0.15) is 0 Å². The minimum atomic E-state index is -0.468. The first-order valence-electron chi connectivity index (χ1n) is 9.05. The maximum Gasteiger partial charge on any atom is 0.344 e. The minimum absolute atomic E-state index is 0.311. The molecule has 0 bridgehead atoms. The summed E-state index contributed by atoms with van der Waals surface area (Å²) < 4.78 is 16.1. The van der Waals surface area contributed by atoms with Gasteiger partial charge in [-0.25, -0.2) is 9.59 Å². The van der Waals surface area contributed by atoms with Crippen LogP contribution in [0.5, 0.6) is 11.5 Å². The van der Waals surface area contributed by atoms with Crippen molar-refractivity contribution in [1.29, 1.82) is 0 Å². The molecule has 29 heavy (non-hydrogen) atoms. The Hall–Kier alpha value is -3.86. The van der Waals surface area contributed by atoms with E-state index in [2.05, 4.69) is 0 Å². The van der Waals surface area contributed by atoms with Crippen LogP contribution in [0.3, 0.4) is 0 Å². The summed E-state index contributed by atoms with van der Waals surface area (Å²) in [5, 5.41) is 0.728. The Morgan fingerprint density at radius 3 is 2.34 bits per heavy atom. The quantitative estimate of drug-likeness (QED) is 0.281. The highest BCUT2D eigenvalue weighted by molar-refractivity contribution is 5.93. The second-order valence-corrected chi connectivity index (χ2v) is 6.58. The number of methoxy groups -OCH3 is 1. The second kappa shape index (κ2) is 7.64. The van der Waals surface area contributed by atoms with Crippen molar-refractivity contribution in [1.82, 2.24) is 0 Å². The number of rotatable bonds is 4. The SMILES string of the molecule is COc1ccc(-c2cc3ccc(OC(=O)c4ccccc4C)cc3oc2=O)cc1. The van der Waals surface area contributed by atoms with E-state index < -0.39 is 11.6 Å². The third-order valence-corrected chi connectivity index (χ3v) is 4.68. The average molecular weight is 386 g/mol. The molecule has 5 heteroatoms. The van der Waals surface area contributed by atoms with Gasteiger partial charge in [0.05, 0.1) is 18.2 Å². The highest BCUT2D eigenvalue weighted by Crippen LogP contribution is 2.26. The van der Waals surface area contributed by atoms with Crippen molar-refractivity contribution in [3.63, 3.8) is 0 Å². The molecule has 0 fully saturated rings. The molecule has 0 aliphatic heterocycles. The van der Waals surface area contributed by atoms with Crippen LogP contribution >= 0.6 is 0 Å². The Morgan fingerprint density at radius 1 is 0.897 bits per heavy atom. The minimum Gasteiger partial charge on any atom is -0.497 e. The van der Waals surface area contributed by atoms with Crippen molar-refractivity contribution in [2.45, 2.75) is 6.92 Å². The fourth-order valence-electron chi connectivity index (χ4n) is 3.09. The summed E-state index contributed by atoms with van der Waals surface area (Å²) >= 11 is 0. The molecular weight excluding hydrogens is 368 g/mol. The number of carbonyl (C=O) groups is 1. The Morgan fingerprint density at radius 2 is 1.62 bits per heavy atom. The van der Waals surface area contributed by atoms with Crippen molar-refractivity contribution in [3.05, 3.63) is 94.3 Å². The predicted octanol–water partition coefficient (Wildman–Crippen LogP) is 5.00. The molecule has 0 saturated heterocycles. The fraction of sp³-hybridized carbons (Fsp3) is 0.0833. The molecule has 1 heterocycles. The molecule has 0 amide bonds. The van der Waals surface area contributed by atoms with Crippen LogP contribution in [0.25, 0.3) is 22.1 Å². The molecule has 0 saturated carbocycles. The molecule has 4 aromatic rings. The van der Waals surface area contributed by atoms with Crippen molar-refractivity contribution < 1.29 is 18.7 Å². The zero-order valence-electron chi connectivity index (χ0n) is 16.0. The Labute approximate surface area is 167 Å². The lowest BCUT2D eigenvalue weighted by Crippen LogP contribution is -2.10. The van der Waals surface area contributed by atoms with Gasteiger partial charge in [0.25, 0.3) is 0 Å². The van der Waals surface area contributed by atoms with E-state index in [1.165, 1.54) is 0 Å². The molecule has 0 radical (unpaired) electrons. The van der Waals surface area contributed by atoms with Crippen molar-refractivity contribution in [2.75, 3.05) is 7.11 Å². The van der Waals surface area contributed by atoms with E-state index in [1.807, 2.05) is 19.1 Å². The Balaban J connectivity index is 1.66. The highest BCUT2D eigenvalue weighted by atomic mass is 16.5. The van der Waals surface area contributed by atoms with Crippen molar-refractivity contribution >= 4 is 16.9 Å². The van der Waals surface area contributed by atoms with Crippen LogP contribution in [0.4, 0.5) is 0 Å². The molecule has 0 aliphatic carbocycles. The van der Waals surface area contributed by atoms with Crippen LogP contribution in [0.1, 0.15) is 15.9 Å². The van der Waals surface area contributed by atoms with Crippen molar-refractivity contribution in [3.8, 4) is 22.6 Å². The molecule has 4 rings (SSSR count). The summed E-state index contributed by atoms with van der Waals surface area (Å²) in [7, 11) is 1.59. The first-order chi connectivity index (χ1) is 14.0. The van der Waals surface area contributed by atoms with Crippen molar-refractivity contribution in [2.24, 2.45) is 0 Å². The van der Waals surface area contributed by atoms with Gasteiger partial charge >= 0.3 is 11.6 Å². The van der Waals surface area contributed by atoms with Crippen LogP contribution in [0, 0.1) is 6.92 Å². The summed E-state index contributed by atoms with van der Waals surface area (Å²) in [6, 6.07) is 21.1. The van der Waals surface area contributed by atoms with E-state index in [1.54, 1.807) is 67.8 Å². The monoisotopic (exact) mass is 386 g/mol. The first kappa shape index (κ1) is 18.5. The number of hydrogen-bond donors (Lipinski definition) is 0. The summed E-state index contributed by atoms with van der Waals surface area (Å²) in [5.41, 5.74) is 2.38. The molecule has 0 unspecified atom stereocenters. The lowest BCUT2D eigenvalue weighted by atomic mass is 10.1. The summed E-state index contributed by atoms with van der Waals surface area (Å²) in [5.74, 6) is 0.560. The van der Waals surface area contributed by atoms with Gasteiger partial charge in [0.2, 0.25) is 0 Å². The predicted molar refractivity (Wildman–Crippen MR) is 111 cm³/mol. The van der Waals surface area contributed by atoms with Gasteiger partial charge < -0.3 is 13.9 Å². The highest BCUT2D eigenvalue weighted by Gasteiger charge is 2.13. The summed E-state index contributed by atoms with van der Waals surface area (Å²) in [4.78, 5) is 24.9. The number of aryl methyl sites for hydroxylation is 1. The zero-order chi connectivity index (χ0) is 20.4. The smallest absolute Gasteiger partial charge is 0.344 e. The van der Waals surface area contributed by atoms with Gasteiger partial charge in [-0.15, -0.1) is 0 Å². The molecule has 0 atom stereocenters. The Bertz CT molecular complexity index is 1250. The molecule has 0 aliphatic rings. The maximum absolute atomic E-state index is 12.5. The van der Waals surface area contributed by atoms with Gasteiger partial charge in [-0.1, -0.05) is 30.3 Å². The van der Waals surface area contributed by atoms with E-state index in [4.69, 9.17) is 13.9 Å². The largest absolute Gasteiger partial charge is 0.497 e. The fourth-order valence-corrected chi connectivity index (χ4v) is 3.09. The van der Waals surface area contributed by atoms with Gasteiger partial charge in [0, 0.05) is 11.5 Å². The van der Waals surface area contributed by atoms with Gasteiger partial charge in [0.1, 0.15) is 17.1 Å². The summed E-state index contributed by atoms with van der Waals surface area (Å²) in [6.45, 7) is 1.84. The molecule has 0 N–H and O–H groups in total. The van der Waals surface area contributed by atoms with E-state index in [9.17, 15) is 9.59 Å². The molecular formula is C24H18O5. The van der Waals surface area contributed by atoms with Crippen LogP contribution in [-0.4, -0.2) is 13.1 Å². The number of esters is 1. The lowest BCUT2D eigenvalue weighted by molar-refractivity contribution is 0.0734. The van der Waals surface area contributed by atoms with Crippen LogP contribution < -0.4 is 15.1 Å². The topological polar surface area (TPSA) is 65.7 Å². The average Bonchev–Trinajstić information content (AvgIpc) is 2.73. The van der Waals surface area contributed by atoms with Crippen LogP contribution in [0.2, 0.25) is 0 Å². The normalized spacial score (nSPS) is 10.7. The first-order valence-corrected chi connectivity index (χ1v) is 9.05. The van der Waals surface area contributed by atoms with E-state index in [0.29, 0.717) is 28.2 Å². The molecule has 3 aromatic carbocycles. The van der Waals surface area contributed by atoms with Gasteiger partial charge in [-0.05, 0) is 54.4 Å². The molecule has 5 nitrogen and oxygen atoms in total.